The van der Waals surface area contributed by atoms with Gasteiger partial charge in [-0.05, 0) is 30.7 Å². The van der Waals surface area contributed by atoms with E-state index >= 15 is 0 Å². The molecule has 3 aromatic rings. The maximum absolute atomic E-state index is 13.4. The first kappa shape index (κ1) is 15.5. The summed E-state index contributed by atoms with van der Waals surface area (Å²) in [4.78, 5) is 13.0. The highest BCUT2D eigenvalue weighted by molar-refractivity contribution is 7.21. The highest BCUT2D eigenvalue weighted by Gasteiger charge is 2.21. The normalized spacial score (nSPS) is 12.1. The zero-order valence-electron chi connectivity index (χ0n) is 12.8. The van der Waals surface area contributed by atoms with Gasteiger partial charge in [0.1, 0.15) is 16.4 Å². The van der Waals surface area contributed by atoms with Gasteiger partial charge in [-0.3, -0.25) is 4.79 Å². The second-order valence-electron chi connectivity index (χ2n) is 5.21. The zero-order chi connectivity index (χ0) is 16.4. The summed E-state index contributed by atoms with van der Waals surface area (Å²) in [5, 5.41) is 3.58. The van der Waals surface area contributed by atoms with E-state index in [1.54, 1.807) is 6.07 Å². The van der Waals surface area contributed by atoms with Crippen LogP contribution in [0.1, 0.15) is 28.2 Å². The average Bonchev–Trinajstić information content (AvgIpc) is 2.93. The fraction of sp³-hybridized carbons (Fsp3) is 0.167. The molecule has 1 heterocycles. The van der Waals surface area contributed by atoms with Crippen LogP contribution in [-0.4, -0.2) is 13.0 Å². The molecule has 1 atom stereocenters. The fourth-order valence-corrected chi connectivity index (χ4v) is 3.54. The van der Waals surface area contributed by atoms with E-state index in [2.05, 4.69) is 5.32 Å². The molecule has 5 heteroatoms. The fourth-order valence-electron chi connectivity index (χ4n) is 2.49. The van der Waals surface area contributed by atoms with Crippen molar-refractivity contribution in [3.8, 4) is 5.75 Å². The van der Waals surface area contributed by atoms with Gasteiger partial charge in [-0.2, -0.15) is 0 Å². The van der Waals surface area contributed by atoms with E-state index in [0.29, 0.717) is 16.0 Å². The molecule has 0 bridgehead atoms. The predicted octanol–water partition coefficient (Wildman–Crippen LogP) is 4.54. The summed E-state index contributed by atoms with van der Waals surface area (Å²) in [6.07, 6.45) is 0. The van der Waals surface area contributed by atoms with Gasteiger partial charge in [0.15, 0.2) is 0 Å². The van der Waals surface area contributed by atoms with Gasteiger partial charge >= 0.3 is 0 Å². The van der Waals surface area contributed by atoms with Gasteiger partial charge in [0.05, 0.1) is 13.2 Å². The molecule has 0 saturated carbocycles. The first-order valence-electron chi connectivity index (χ1n) is 7.22. The van der Waals surface area contributed by atoms with Crippen LogP contribution in [0.15, 0.2) is 48.5 Å². The third-order valence-corrected chi connectivity index (χ3v) is 4.81. The molecule has 118 valence electrons. The van der Waals surface area contributed by atoms with E-state index in [4.69, 9.17) is 4.74 Å². The number of thiophene rings is 1. The lowest BCUT2D eigenvalue weighted by molar-refractivity contribution is 0.0941. The van der Waals surface area contributed by atoms with E-state index in [9.17, 15) is 9.18 Å². The molecule has 1 amide bonds. The molecule has 3 nitrogen and oxygen atoms in total. The van der Waals surface area contributed by atoms with Crippen LogP contribution in [0.2, 0.25) is 0 Å². The first-order valence-corrected chi connectivity index (χ1v) is 8.03. The number of amides is 1. The monoisotopic (exact) mass is 329 g/mol. The van der Waals surface area contributed by atoms with Gasteiger partial charge in [0, 0.05) is 10.1 Å². The van der Waals surface area contributed by atoms with Crippen LogP contribution >= 0.6 is 11.3 Å². The molecular formula is C18H16FNO2S. The lowest BCUT2D eigenvalue weighted by Gasteiger charge is -2.14. The minimum atomic E-state index is -0.349. The summed E-state index contributed by atoms with van der Waals surface area (Å²) in [7, 11) is 1.49. The summed E-state index contributed by atoms with van der Waals surface area (Å²) >= 11 is 1.30. The Morgan fingerprint density at radius 1 is 1.22 bits per heavy atom. The van der Waals surface area contributed by atoms with Crippen molar-refractivity contribution in [2.45, 2.75) is 13.0 Å². The van der Waals surface area contributed by atoms with Crippen LogP contribution in [0.25, 0.3) is 10.1 Å². The third kappa shape index (κ3) is 3.05. The molecule has 2 aromatic carbocycles. The quantitative estimate of drug-likeness (QED) is 0.763. The van der Waals surface area contributed by atoms with Gasteiger partial charge < -0.3 is 10.1 Å². The molecule has 0 radical (unpaired) electrons. The number of ether oxygens (including phenoxy) is 1. The Bertz CT molecular complexity index is 845. The average molecular weight is 329 g/mol. The number of rotatable bonds is 4. The van der Waals surface area contributed by atoms with Gasteiger partial charge in [-0.1, -0.05) is 30.3 Å². The zero-order valence-corrected chi connectivity index (χ0v) is 13.6. The Kier molecular flexibility index (Phi) is 4.30. The minimum absolute atomic E-state index is 0.129. The smallest absolute Gasteiger partial charge is 0.265 e. The maximum Gasteiger partial charge on any atom is 0.265 e. The Balaban J connectivity index is 1.92. The Hall–Kier alpha value is -2.40. The number of hydrogen-bond acceptors (Lipinski definition) is 3. The molecule has 1 aromatic heterocycles. The van der Waals surface area contributed by atoms with E-state index in [0.717, 1.165) is 10.3 Å². The summed E-state index contributed by atoms with van der Waals surface area (Å²) in [5.41, 5.74) is 1.02. The lowest BCUT2D eigenvalue weighted by atomic mass is 10.1. The number of benzene rings is 2. The van der Waals surface area contributed by atoms with Crippen molar-refractivity contribution in [1.29, 1.82) is 0 Å². The van der Waals surface area contributed by atoms with E-state index in [-0.39, 0.29) is 17.8 Å². The van der Waals surface area contributed by atoms with Gasteiger partial charge in [-0.15, -0.1) is 11.3 Å². The summed E-state index contributed by atoms with van der Waals surface area (Å²) in [6, 6.07) is 14.0. The molecule has 0 fully saturated rings. The molecule has 23 heavy (non-hydrogen) atoms. The molecule has 0 aliphatic carbocycles. The number of fused-ring (bicyclic) bond motifs is 1. The highest BCUT2D eigenvalue weighted by atomic mass is 32.1. The van der Waals surface area contributed by atoms with Crippen molar-refractivity contribution < 1.29 is 13.9 Å². The number of carbonyl (C=O) groups excluding carboxylic acids is 1. The van der Waals surface area contributed by atoms with Gasteiger partial charge in [-0.25, -0.2) is 4.39 Å². The van der Waals surface area contributed by atoms with Crippen molar-refractivity contribution in [3.63, 3.8) is 0 Å². The summed E-state index contributed by atoms with van der Waals surface area (Å²) < 4.78 is 19.6. The van der Waals surface area contributed by atoms with Gasteiger partial charge in [0.25, 0.3) is 5.91 Å². The molecule has 1 N–H and O–H groups in total. The number of halogens is 1. The van der Waals surface area contributed by atoms with Crippen LogP contribution in [0.3, 0.4) is 0 Å². The topological polar surface area (TPSA) is 38.3 Å². The number of hydrogen-bond donors (Lipinski definition) is 1. The molecule has 0 saturated heterocycles. The Labute approximate surface area is 137 Å². The number of carbonyl (C=O) groups is 1. The molecule has 0 aliphatic heterocycles. The summed E-state index contributed by atoms with van der Waals surface area (Å²) in [6.45, 7) is 1.92. The van der Waals surface area contributed by atoms with Crippen LogP contribution in [-0.2, 0) is 0 Å². The van der Waals surface area contributed by atoms with Crippen LogP contribution < -0.4 is 10.1 Å². The maximum atomic E-state index is 13.4. The second kappa shape index (κ2) is 6.38. The van der Waals surface area contributed by atoms with Crippen molar-refractivity contribution in [1.82, 2.24) is 5.32 Å². The SMILES string of the molecule is COc1c(C(=O)N[C@@H](C)c2ccccc2)sc2ccc(F)cc12. The standard InChI is InChI=1S/C18H16FNO2S/c1-11(12-6-4-3-5-7-12)20-18(21)17-16(22-2)14-10-13(19)8-9-15(14)23-17/h3-11H,1-2H3,(H,20,21)/t11-/m0/s1. The highest BCUT2D eigenvalue weighted by Crippen LogP contribution is 2.38. The minimum Gasteiger partial charge on any atom is -0.494 e. The second-order valence-corrected chi connectivity index (χ2v) is 6.26. The number of methoxy groups -OCH3 is 1. The molecule has 0 unspecified atom stereocenters. The Morgan fingerprint density at radius 2 is 1.96 bits per heavy atom. The van der Waals surface area contributed by atoms with Crippen molar-refractivity contribution in [2.75, 3.05) is 7.11 Å². The predicted molar refractivity (Wildman–Crippen MR) is 90.7 cm³/mol. The van der Waals surface area contributed by atoms with Crippen molar-refractivity contribution in [3.05, 3.63) is 64.8 Å². The molecular weight excluding hydrogens is 313 g/mol. The van der Waals surface area contributed by atoms with Gasteiger partial charge in [0.2, 0.25) is 0 Å². The van der Waals surface area contributed by atoms with Crippen molar-refractivity contribution >= 4 is 27.3 Å². The first-order chi connectivity index (χ1) is 11.1. The Morgan fingerprint density at radius 3 is 2.65 bits per heavy atom. The third-order valence-electron chi connectivity index (χ3n) is 3.66. The van der Waals surface area contributed by atoms with Crippen LogP contribution in [0.5, 0.6) is 5.75 Å². The van der Waals surface area contributed by atoms with E-state index < -0.39 is 0 Å². The molecule has 3 rings (SSSR count). The van der Waals surface area contributed by atoms with Crippen LogP contribution in [0, 0.1) is 5.82 Å². The molecule has 0 spiro atoms. The van der Waals surface area contributed by atoms with Crippen molar-refractivity contribution in [2.24, 2.45) is 0 Å². The van der Waals surface area contributed by atoms with Crippen LogP contribution in [0.4, 0.5) is 4.39 Å². The van der Waals surface area contributed by atoms with E-state index in [1.807, 2.05) is 37.3 Å². The summed E-state index contributed by atoms with van der Waals surface area (Å²) in [5.74, 6) is -0.153. The molecule has 0 aliphatic rings. The number of nitrogens with one attached hydrogen (secondary N) is 1. The lowest BCUT2D eigenvalue weighted by Crippen LogP contribution is -2.26. The largest absolute Gasteiger partial charge is 0.494 e. The van der Waals surface area contributed by atoms with E-state index in [1.165, 1.54) is 30.6 Å².